The van der Waals surface area contributed by atoms with Crippen LogP contribution in [0.5, 0.6) is 0 Å². The maximum atomic E-state index is 8.88. The Kier molecular flexibility index (Phi) is 7.40. The van der Waals surface area contributed by atoms with E-state index in [4.69, 9.17) is 19.2 Å². The highest BCUT2D eigenvalue weighted by Crippen LogP contribution is 2.25. The third kappa shape index (κ3) is 94.3. The Morgan fingerprint density at radius 1 is 1.40 bits per heavy atom. The minimum absolute atomic E-state index is 1.21. The molecule has 0 saturated carbocycles. The molecule has 0 aromatic heterocycles. The molecule has 0 heterocycles. The van der Waals surface area contributed by atoms with Crippen LogP contribution in [0.4, 0.5) is 0 Å². The van der Waals surface area contributed by atoms with Crippen molar-refractivity contribution in [3.05, 3.63) is 11.3 Å². The van der Waals surface area contributed by atoms with E-state index in [1.807, 2.05) is 0 Å². The fourth-order valence-corrected chi connectivity index (χ4v) is 0. The minimum Gasteiger partial charge on any atom is -0.303 e. The molecule has 0 aromatic rings. The second-order valence-corrected chi connectivity index (χ2v) is 3.48. The highest BCUT2D eigenvalue weighted by Gasteiger charge is 2.00. The fraction of sp³-hybridized carbons (Fsp3) is 0.500. The van der Waals surface area contributed by atoms with Crippen LogP contribution >= 0.6 is 7.82 Å². The molecule has 0 radical (unpaired) electrons. The Morgan fingerprint density at radius 2 is 1.50 bits per heavy atom. The van der Waals surface area contributed by atoms with Crippen LogP contribution in [-0.2, 0) is 4.57 Å². The first kappa shape index (κ1) is 12.7. The Balaban J connectivity index is 0. The molecule has 6 heteroatoms. The first-order valence-corrected chi connectivity index (χ1v) is 5.37. The van der Waals surface area contributed by atoms with Crippen LogP contribution in [0.3, 0.4) is 0 Å². The van der Waals surface area contributed by atoms with Gasteiger partial charge in [-0.05, 0) is 13.8 Å². The van der Waals surface area contributed by atoms with Gasteiger partial charge in [0.15, 0.2) is 0 Å². The molecule has 10 heavy (non-hydrogen) atoms. The summed E-state index contributed by atoms with van der Waals surface area (Å²) >= 11 is 0. The highest BCUT2D eigenvalue weighted by atomic mass is 31.2. The first-order valence-electron chi connectivity index (χ1n) is 2.65. The van der Waals surface area contributed by atoms with Gasteiger partial charge < -0.3 is 14.7 Å². The summed E-state index contributed by atoms with van der Waals surface area (Å²) in [5, 5.41) is 0. The quantitative estimate of drug-likeness (QED) is 0.345. The van der Waals surface area contributed by atoms with Gasteiger partial charge in [-0.1, -0.05) is 5.57 Å². The van der Waals surface area contributed by atoms with E-state index in [1.165, 1.54) is 15.8 Å². The van der Waals surface area contributed by atoms with Gasteiger partial charge in [-0.15, -0.1) is 5.70 Å². The molecule has 0 atom stereocenters. The van der Waals surface area contributed by atoms with Gasteiger partial charge in [0.2, 0.25) is 0 Å². The number of phosphoric acid groups is 1. The Morgan fingerprint density at radius 3 is 1.50 bits per heavy atom. The SMILES string of the molecule is CC(C)=C[SiH3].O=P(O)(O)O. The fourth-order valence-electron chi connectivity index (χ4n) is 0. The number of rotatable bonds is 0. The molecule has 0 aliphatic rings. The van der Waals surface area contributed by atoms with Crippen molar-refractivity contribution in [1.29, 1.82) is 0 Å². The number of hydrogen-bond donors (Lipinski definition) is 3. The standard InChI is InChI=1S/C4H10Si.H3O4P/c1-4(2)3-5;1-5(2,3)4/h3H,1-2,5H3;(H3,1,2,3,4). The van der Waals surface area contributed by atoms with Gasteiger partial charge in [-0.3, -0.25) is 0 Å². The smallest absolute Gasteiger partial charge is 0.303 e. The summed E-state index contributed by atoms with van der Waals surface area (Å²) < 4.78 is 8.88. The molecular weight excluding hydrogens is 171 g/mol. The molecule has 0 bridgehead atoms. The predicted octanol–water partition coefficient (Wildman–Crippen LogP) is -0.653. The molecule has 0 amide bonds. The van der Waals surface area contributed by atoms with E-state index < -0.39 is 7.82 Å². The molecule has 4 nitrogen and oxygen atoms in total. The van der Waals surface area contributed by atoms with Crippen molar-refractivity contribution < 1.29 is 19.2 Å². The van der Waals surface area contributed by atoms with E-state index >= 15 is 0 Å². The Hall–Kier alpha value is 0.0669. The zero-order chi connectivity index (χ0) is 8.78. The molecule has 0 saturated heterocycles. The Bertz CT molecular complexity index is 137. The van der Waals surface area contributed by atoms with Crippen molar-refractivity contribution in [2.24, 2.45) is 0 Å². The second-order valence-electron chi connectivity index (χ2n) is 1.88. The van der Waals surface area contributed by atoms with Crippen LogP contribution < -0.4 is 0 Å². The van der Waals surface area contributed by atoms with E-state index in [0.29, 0.717) is 0 Å². The average molecular weight is 184 g/mol. The normalized spacial score (nSPS) is 9.70. The van der Waals surface area contributed by atoms with E-state index in [-0.39, 0.29) is 0 Å². The van der Waals surface area contributed by atoms with Crippen LogP contribution in [0.2, 0.25) is 0 Å². The molecular formula is C4H13O4PSi. The maximum absolute atomic E-state index is 8.88. The van der Waals surface area contributed by atoms with Crippen LogP contribution in [0.15, 0.2) is 11.3 Å². The molecule has 0 rings (SSSR count). The van der Waals surface area contributed by atoms with Crippen LogP contribution in [0.1, 0.15) is 13.8 Å². The second kappa shape index (κ2) is 5.82. The minimum atomic E-state index is -4.64. The summed E-state index contributed by atoms with van der Waals surface area (Å²) in [7, 11) is -3.43. The summed E-state index contributed by atoms with van der Waals surface area (Å²) in [6.45, 7) is 4.24. The maximum Gasteiger partial charge on any atom is 0.466 e. The lowest BCUT2D eigenvalue weighted by atomic mass is 10.4. The van der Waals surface area contributed by atoms with Crippen LogP contribution in [-0.4, -0.2) is 24.9 Å². The average Bonchev–Trinajstić information content (AvgIpc) is 1.61. The molecule has 0 aromatic carbocycles. The molecule has 62 valence electrons. The molecule has 0 aliphatic carbocycles. The van der Waals surface area contributed by atoms with Gasteiger partial charge in [0.1, 0.15) is 0 Å². The molecule has 0 unspecified atom stereocenters. The van der Waals surface area contributed by atoms with Gasteiger partial charge in [0.05, 0.1) is 0 Å². The van der Waals surface area contributed by atoms with Gasteiger partial charge in [0.25, 0.3) is 0 Å². The highest BCUT2D eigenvalue weighted by molar-refractivity contribution is 7.45. The summed E-state index contributed by atoms with van der Waals surface area (Å²) in [6, 6.07) is 0. The largest absolute Gasteiger partial charge is 0.466 e. The van der Waals surface area contributed by atoms with Crippen LogP contribution in [0.25, 0.3) is 0 Å². The van der Waals surface area contributed by atoms with Gasteiger partial charge in [-0.2, -0.15) is 0 Å². The lowest BCUT2D eigenvalue weighted by molar-refractivity contribution is 0.275. The third-order valence-electron chi connectivity index (χ3n) is 0.577. The predicted molar refractivity (Wildman–Crippen MR) is 43.6 cm³/mol. The van der Waals surface area contributed by atoms with Gasteiger partial charge in [0, 0.05) is 10.2 Å². The zero-order valence-electron chi connectivity index (χ0n) is 6.27. The van der Waals surface area contributed by atoms with Crippen molar-refractivity contribution in [2.75, 3.05) is 0 Å². The molecule has 0 aliphatic heterocycles. The van der Waals surface area contributed by atoms with Crippen molar-refractivity contribution in [3.8, 4) is 0 Å². The van der Waals surface area contributed by atoms with E-state index in [9.17, 15) is 0 Å². The molecule has 0 fully saturated rings. The Labute approximate surface area is 63.3 Å². The zero-order valence-corrected chi connectivity index (χ0v) is 9.17. The van der Waals surface area contributed by atoms with Crippen molar-refractivity contribution in [1.82, 2.24) is 0 Å². The van der Waals surface area contributed by atoms with Gasteiger partial charge in [-0.25, -0.2) is 4.57 Å². The lowest BCUT2D eigenvalue weighted by Gasteiger charge is -1.82. The third-order valence-corrected chi connectivity index (χ3v) is 1.73. The van der Waals surface area contributed by atoms with Gasteiger partial charge >= 0.3 is 7.82 Å². The number of hydrogen-bond acceptors (Lipinski definition) is 1. The molecule has 0 spiro atoms. The summed E-state index contributed by atoms with van der Waals surface area (Å²) in [5.74, 6) is 0. The van der Waals surface area contributed by atoms with Crippen molar-refractivity contribution in [3.63, 3.8) is 0 Å². The van der Waals surface area contributed by atoms with Crippen molar-refractivity contribution in [2.45, 2.75) is 13.8 Å². The van der Waals surface area contributed by atoms with E-state index in [2.05, 4.69) is 19.5 Å². The van der Waals surface area contributed by atoms with E-state index in [1.54, 1.807) is 0 Å². The summed E-state index contributed by atoms with van der Waals surface area (Å²) in [4.78, 5) is 21.6. The lowest BCUT2D eigenvalue weighted by Crippen LogP contribution is -1.66. The number of allylic oxidation sites excluding steroid dienone is 1. The summed E-state index contributed by atoms with van der Waals surface area (Å²) in [6.07, 6.45) is 0. The summed E-state index contributed by atoms with van der Waals surface area (Å²) in [5.41, 5.74) is 3.66. The monoisotopic (exact) mass is 184 g/mol. The van der Waals surface area contributed by atoms with E-state index in [0.717, 1.165) is 0 Å². The topological polar surface area (TPSA) is 77.8 Å². The molecule has 3 N–H and O–H groups in total. The van der Waals surface area contributed by atoms with Crippen LogP contribution in [0, 0.1) is 0 Å². The van der Waals surface area contributed by atoms with Crippen molar-refractivity contribution >= 4 is 18.1 Å². The first-order chi connectivity index (χ1) is 4.27.